The molecule has 0 spiro atoms. The summed E-state index contributed by atoms with van der Waals surface area (Å²) >= 11 is 0. The molecule has 0 radical (unpaired) electrons. The van der Waals surface area contributed by atoms with Crippen molar-refractivity contribution in [2.24, 2.45) is 7.05 Å². The van der Waals surface area contributed by atoms with Crippen molar-refractivity contribution in [3.05, 3.63) is 11.9 Å². The minimum atomic E-state index is -0.819. The van der Waals surface area contributed by atoms with Gasteiger partial charge in [-0.25, -0.2) is 4.79 Å². The van der Waals surface area contributed by atoms with E-state index in [0.717, 1.165) is 0 Å². The van der Waals surface area contributed by atoms with Crippen LogP contribution in [0.5, 0.6) is 5.75 Å². The van der Waals surface area contributed by atoms with Gasteiger partial charge in [0, 0.05) is 21.3 Å². The number of hydrogen-bond donors (Lipinski definition) is 0. The van der Waals surface area contributed by atoms with Gasteiger partial charge in [0.05, 0.1) is 13.3 Å². The topological polar surface area (TPSA) is 71.8 Å². The second kappa shape index (κ2) is 5.47. The van der Waals surface area contributed by atoms with Crippen LogP contribution in [-0.2, 0) is 21.3 Å². The van der Waals surface area contributed by atoms with Gasteiger partial charge in [-0.15, -0.1) is 0 Å². The van der Waals surface area contributed by atoms with E-state index < -0.39 is 12.4 Å². The quantitative estimate of drug-likeness (QED) is 0.564. The van der Waals surface area contributed by atoms with Gasteiger partial charge < -0.3 is 18.9 Å². The molecular formula is C9H14N2O5. The van der Waals surface area contributed by atoms with Crippen LogP contribution in [0, 0.1) is 0 Å². The van der Waals surface area contributed by atoms with Crippen molar-refractivity contribution in [2.45, 2.75) is 6.29 Å². The summed E-state index contributed by atoms with van der Waals surface area (Å²) in [5.74, 6) is 0.239. The molecule has 1 aromatic heterocycles. The third-order valence-electron chi connectivity index (χ3n) is 1.83. The third kappa shape index (κ3) is 2.71. The molecule has 0 saturated carbocycles. The van der Waals surface area contributed by atoms with E-state index in [4.69, 9.17) is 14.2 Å². The van der Waals surface area contributed by atoms with Gasteiger partial charge in [-0.1, -0.05) is 0 Å². The first-order valence-corrected chi connectivity index (χ1v) is 4.47. The van der Waals surface area contributed by atoms with E-state index in [-0.39, 0.29) is 5.75 Å². The molecule has 90 valence electrons. The smallest absolute Gasteiger partial charge is 0.437 e. The maximum Gasteiger partial charge on any atom is 0.513 e. The number of methoxy groups -OCH3 is 3. The molecule has 16 heavy (non-hydrogen) atoms. The van der Waals surface area contributed by atoms with Crippen LogP contribution in [0.15, 0.2) is 6.20 Å². The zero-order chi connectivity index (χ0) is 12.1. The Hall–Kier alpha value is -1.60. The van der Waals surface area contributed by atoms with Gasteiger partial charge in [-0.05, 0) is 0 Å². The molecule has 0 aliphatic rings. The first-order chi connectivity index (χ1) is 7.62. The Balaban J connectivity index is 2.94. The molecule has 1 aromatic rings. The molecule has 0 saturated heterocycles. The predicted octanol–water partition coefficient (Wildman–Crippen LogP) is 0.857. The lowest BCUT2D eigenvalue weighted by molar-refractivity contribution is -0.109. The number of aryl methyl sites for hydroxylation is 1. The Morgan fingerprint density at radius 1 is 1.38 bits per heavy atom. The molecule has 0 aliphatic carbocycles. The largest absolute Gasteiger partial charge is 0.513 e. The van der Waals surface area contributed by atoms with Gasteiger partial charge >= 0.3 is 6.16 Å². The number of ether oxygens (including phenoxy) is 4. The summed E-state index contributed by atoms with van der Waals surface area (Å²) in [6, 6.07) is 0. The fraction of sp³-hybridized carbons (Fsp3) is 0.556. The van der Waals surface area contributed by atoms with Crippen molar-refractivity contribution in [3.8, 4) is 5.75 Å². The molecular weight excluding hydrogens is 216 g/mol. The van der Waals surface area contributed by atoms with Gasteiger partial charge in [-0.2, -0.15) is 5.10 Å². The number of hydrogen-bond acceptors (Lipinski definition) is 6. The monoisotopic (exact) mass is 230 g/mol. The molecule has 0 aliphatic heterocycles. The molecule has 0 fully saturated rings. The normalized spacial score (nSPS) is 10.6. The summed E-state index contributed by atoms with van der Waals surface area (Å²) in [7, 11) is 5.84. The van der Waals surface area contributed by atoms with E-state index in [0.29, 0.717) is 5.69 Å². The number of nitrogens with zero attached hydrogens (tertiary/aromatic N) is 2. The second-order valence-electron chi connectivity index (χ2n) is 2.91. The highest BCUT2D eigenvalue weighted by molar-refractivity contribution is 5.63. The van der Waals surface area contributed by atoms with Crippen LogP contribution >= 0.6 is 0 Å². The Kier molecular flexibility index (Phi) is 4.27. The molecule has 0 unspecified atom stereocenters. The average Bonchev–Trinajstić information content (AvgIpc) is 2.61. The fourth-order valence-electron chi connectivity index (χ4n) is 1.18. The highest BCUT2D eigenvalue weighted by Crippen LogP contribution is 2.26. The summed E-state index contributed by atoms with van der Waals surface area (Å²) in [4.78, 5) is 11.0. The maximum atomic E-state index is 11.0. The van der Waals surface area contributed by atoms with Crippen LogP contribution in [0.25, 0.3) is 0 Å². The molecule has 0 bridgehead atoms. The Morgan fingerprint density at radius 3 is 2.50 bits per heavy atom. The summed E-state index contributed by atoms with van der Waals surface area (Å²) in [6.07, 6.45) is 0.0122. The molecule has 7 nitrogen and oxygen atoms in total. The van der Waals surface area contributed by atoms with E-state index in [9.17, 15) is 4.79 Å². The fourth-order valence-corrected chi connectivity index (χ4v) is 1.18. The number of aromatic nitrogens is 2. The molecule has 0 amide bonds. The molecule has 1 rings (SSSR count). The van der Waals surface area contributed by atoms with Gasteiger partial charge in [0.2, 0.25) is 6.29 Å². The van der Waals surface area contributed by atoms with E-state index >= 15 is 0 Å². The van der Waals surface area contributed by atoms with E-state index in [1.54, 1.807) is 7.05 Å². The molecule has 1 heterocycles. The van der Waals surface area contributed by atoms with Crippen LogP contribution in [0.4, 0.5) is 4.79 Å². The first-order valence-electron chi connectivity index (χ1n) is 4.47. The number of rotatable bonds is 4. The van der Waals surface area contributed by atoms with Gasteiger partial charge in [-0.3, -0.25) is 4.68 Å². The van der Waals surface area contributed by atoms with E-state index in [1.165, 1.54) is 32.2 Å². The highest BCUT2D eigenvalue weighted by atomic mass is 16.7. The molecule has 7 heteroatoms. The zero-order valence-electron chi connectivity index (χ0n) is 9.59. The minimum absolute atomic E-state index is 0.239. The van der Waals surface area contributed by atoms with Crippen molar-refractivity contribution < 1.29 is 23.7 Å². The lowest BCUT2D eigenvalue weighted by atomic mass is 10.4. The SMILES string of the molecule is COC(=O)Oc1cn(C)nc1C(OC)OC. The lowest BCUT2D eigenvalue weighted by Gasteiger charge is -2.11. The van der Waals surface area contributed by atoms with Crippen molar-refractivity contribution in [2.75, 3.05) is 21.3 Å². The standard InChI is InChI=1S/C9H14N2O5/c1-11-5-6(16-9(12)15-4)7(10-11)8(13-2)14-3/h5,8H,1-4H3. The van der Waals surface area contributed by atoms with E-state index in [2.05, 4.69) is 9.84 Å². The van der Waals surface area contributed by atoms with Crippen molar-refractivity contribution in [3.63, 3.8) is 0 Å². The van der Waals surface area contributed by atoms with Crippen LogP contribution in [0.1, 0.15) is 12.0 Å². The number of carbonyl (C=O) groups is 1. The molecule has 0 aromatic carbocycles. The average molecular weight is 230 g/mol. The number of carbonyl (C=O) groups excluding carboxylic acids is 1. The summed E-state index contributed by atoms with van der Waals surface area (Å²) in [6.45, 7) is 0. The van der Waals surface area contributed by atoms with Crippen LogP contribution in [0.2, 0.25) is 0 Å². The van der Waals surface area contributed by atoms with Crippen molar-refractivity contribution >= 4 is 6.16 Å². The van der Waals surface area contributed by atoms with Crippen molar-refractivity contribution in [1.29, 1.82) is 0 Å². The first kappa shape index (κ1) is 12.5. The third-order valence-corrected chi connectivity index (χ3v) is 1.83. The van der Waals surface area contributed by atoms with Gasteiger partial charge in [0.25, 0.3) is 0 Å². The van der Waals surface area contributed by atoms with Gasteiger partial charge in [0.15, 0.2) is 11.4 Å². The Bertz CT molecular complexity index is 359. The van der Waals surface area contributed by atoms with E-state index in [1.807, 2.05) is 0 Å². The van der Waals surface area contributed by atoms with Crippen LogP contribution in [0.3, 0.4) is 0 Å². The predicted molar refractivity (Wildman–Crippen MR) is 53.0 cm³/mol. The minimum Gasteiger partial charge on any atom is -0.437 e. The molecule has 0 atom stereocenters. The summed E-state index contributed by atoms with van der Waals surface area (Å²) in [5, 5.41) is 4.07. The van der Waals surface area contributed by atoms with Crippen LogP contribution < -0.4 is 4.74 Å². The molecule has 0 N–H and O–H groups in total. The highest BCUT2D eigenvalue weighted by Gasteiger charge is 2.21. The maximum absolute atomic E-state index is 11.0. The summed E-state index contributed by atoms with van der Waals surface area (Å²) < 4.78 is 20.8. The second-order valence-corrected chi connectivity index (χ2v) is 2.91. The van der Waals surface area contributed by atoms with Crippen molar-refractivity contribution in [1.82, 2.24) is 9.78 Å². The zero-order valence-corrected chi connectivity index (χ0v) is 9.59. The summed E-state index contributed by atoms with van der Waals surface area (Å²) in [5.41, 5.74) is 0.373. The Morgan fingerprint density at radius 2 is 2.00 bits per heavy atom. The van der Waals surface area contributed by atoms with Crippen LogP contribution in [-0.4, -0.2) is 37.3 Å². The van der Waals surface area contributed by atoms with Gasteiger partial charge in [0.1, 0.15) is 0 Å². The lowest BCUT2D eigenvalue weighted by Crippen LogP contribution is -2.11. The Labute approximate surface area is 92.8 Å².